The molecule has 20 heavy (non-hydrogen) atoms. The van der Waals surface area contributed by atoms with Gasteiger partial charge in [-0.05, 0) is 24.6 Å². The molecule has 1 heterocycles. The molecule has 1 aromatic heterocycles. The van der Waals surface area contributed by atoms with Crippen LogP contribution in [-0.2, 0) is 11.3 Å². The van der Waals surface area contributed by atoms with Gasteiger partial charge in [0.1, 0.15) is 11.5 Å². The zero-order valence-corrected chi connectivity index (χ0v) is 11.9. The molecule has 1 unspecified atom stereocenters. The largest absolute Gasteiger partial charge is 0.464 e. The quantitative estimate of drug-likeness (QED) is 0.908. The van der Waals surface area contributed by atoms with Crippen LogP contribution in [0, 0.1) is 6.92 Å². The number of rotatable bonds is 5. The Hall–Kier alpha value is -2.07. The molecule has 2 rings (SSSR count). The molecular formula is C16H20N2O2. The lowest BCUT2D eigenvalue weighted by molar-refractivity contribution is -0.132. The number of hydrogen-bond donors (Lipinski definition) is 1. The maximum Gasteiger partial charge on any atom is 0.231 e. The third-order valence-corrected chi connectivity index (χ3v) is 3.30. The fourth-order valence-electron chi connectivity index (χ4n) is 2.21. The van der Waals surface area contributed by atoms with Crippen molar-refractivity contribution in [2.45, 2.75) is 19.4 Å². The number of nitrogens with zero attached hydrogens (tertiary/aromatic N) is 1. The van der Waals surface area contributed by atoms with Gasteiger partial charge in [-0.3, -0.25) is 4.79 Å². The second-order valence-corrected chi connectivity index (χ2v) is 4.91. The zero-order chi connectivity index (χ0) is 14.5. The first-order valence-corrected chi connectivity index (χ1v) is 6.67. The molecule has 0 spiro atoms. The van der Waals surface area contributed by atoms with Crippen molar-refractivity contribution in [1.82, 2.24) is 4.90 Å². The van der Waals surface area contributed by atoms with Crippen LogP contribution in [0.1, 0.15) is 23.0 Å². The fourth-order valence-corrected chi connectivity index (χ4v) is 2.21. The van der Waals surface area contributed by atoms with Gasteiger partial charge in [0.2, 0.25) is 5.91 Å². The maximum atomic E-state index is 12.5. The molecule has 0 aliphatic carbocycles. The second kappa shape index (κ2) is 6.39. The molecule has 1 amide bonds. The number of likely N-dealkylation sites (N-methyl/N-ethyl adjacent to an activating group) is 1. The maximum absolute atomic E-state index is 12.5. The average molecular weight is 272 g/mol. The third-order valence-electron chi connectivity index (χ3n) is 3.30. The number of hydrogen-bond acceptors (Lipinski definition) is 3. The van der Waals surface area contributed by atoms with Crippen LogP contribution >= 0.6 is 0 Å². The summed E-state index contributed by atoms with van der Waals surface area (Å²) >= 11 is 0. The molecule has 1 atom stereocenters. The lowest BCUT2D eigenvalue weighted by Crippen LogP contribution is -2.34. The number of furan rings is 1. The number of aryl methyl sites for hydroxylation is 1. The minimum absolute atomic E-state index is 0.00718. The molecule has 4 heteroatoms. The molecule has 0 radical (unpaired) electrons. The van der Waals surface area contributed by atoms with Crippen molar-refractivity contribution in [1.29, 1.82) is 0 Å². The summed E-state index contributed by atoms with van der Waals surface area (Å²) < 4.78 is 5.50. The first-order chi connectivity index (χ1) is 9.61. The zero-order valence-electron chi connectivity index (χ0n) is 11.9. The van der Waals surface area contributed by atoms with Crippen LogP contribution in [0.3, 0.4) is 0 Å². The Morgan fingerprint density at radius 1 is 1.25 bits per heavy atom. The normalized spacial score (nSPS) is 12.2. The van der Waals surface area contributed by atoms with Crippen LogP contribution in [0.5, 0.6) is 0 Å². The lowest BCUT2D eigenvalue weighted by Gasteiger charge is -2.22. The topological polar surface area (TPSA) is 59.5 Å². The van der Waals surface area contributed by atoms with Gasteiger partial charge in [0.05, 0.1) is 12.5 Å². The summed E-state index contributed by atoms with van der Waals surface area (Å²) in [5.74, 6) is 1.33. The Kier molecular flexibility index (Phi) is 4.58. The first-order valence-electron chi connectivity index (χ1n) is 6.67. The van der Waals surface area contributed by atoms with Crippen molar-refractivity contribution in [2.75, 3.05) is 13.6 Å². The first kappa shape index (κ1) is 14.3. The van der Waals surface area contributed by atoms with Crippen molar-refractivity contribution >= 4 is 5.91 Å². The third kappa shape index (κ3) is 3.27. The van der Waals surface area contributed by atoms with E-state index in [1.807, 2.05) is 49.4 Å². The van der Waals surface area contributed by atoms with E-state index in [9.17, 15) is 4.79 Å². The average Bonchev–Trinajstić information content (AvgIpc) is 2.86. The summed E-state index contributed by atoms with van der Waals surface area (Å²) in [7, 11) is 1.77. The summed E-state index contributed by atoms with van der Waals surface area (Å²) in [6, 6.07) is 13.4. The van der Waals surface area contributed by atoms with Gasteiger partial charge < -0.3 is 15.1 Å². The van der Waals surface area contributed by atoms with E-state index in [-0.39, 0.29) is 11.8 Å². The Labute approximate surface area is 119 Å². The van der Waals surface area contributed by atoms with Gasteiger partial charge in [0.25, 0.3) is 0 Å². The minimum atomic E-state index is -0.308. The van der Waals surface area contributed by atoms with Crippen LogP contribution in [0.25, 0.3) is 0 Å². The highest BCUT2D eigenvalue weighted by Crippen LogP contribution is 2.18. The van der Waals surface area contributed by atoms with Gasteiger partial charge in [-0.2, -0.15) is 0 Å². The van der Waals surface area contributed by atoms with E-state index in [1.165, 1.54) is 0 Å². The van der Waals surface area contributed by atoms with E-state index in [1.54, 1.807) is 11.9 Å². The molecule has 0 aliphatic rings. The fraction of sp³-hybridized carbons (Fsp3) is 0.312. The molecule has 4 nitrogen and oxygen atoms in total. The Bertz CT molecular complexity index is 563. The molecule has 0 saturated carbocycles. The van der Waals surface area contributed by atoms with Gasteiger partial charge in [-0.25, -0.2) is 0 Å². The molecule has 0 saturated heterocycles. The SMILES string of the molecule is Cc1ccc(CN(C)C(=O)C(CN)c2ccccc2)o1. The molecule has 1 aromatic carbocycles. The van der Waals surface area contributed by atoms with E-state index in [2.05, 4.69) is 0 Å². The van der Waals surface area contributed by atoms with Gasteiger partial charge in [0, 0.05) is 13.6 Å². The molecule has 0 bridgehead atoms. The predicted molar refractivity (Wildman–Crippen MR) is 78.2 cm³/mol. The number of carbonyl (C=O) groups excluding carboxylic acids is 1. The number of carbonyl (C=O) groups is 1. The Morgan fingerprint density at radius 2 is 1.95 bits per heavy atom. The van der Waals surface area contributed by atoms with Crippen molar-refractivity contribution in [3.8, 4) is 0 Å². The van der Waals surface area contributed by atoms with E-state index in [4.69, 9.17) is 10.2 Å². The molecule has 2 aromatic rings. The van der Waals surface area contributed by atoms with Crippen LogP contribution in [0.15, 0.2) is 46.9 Å². The highest BCUT2D eigenvalue weighted by molar-refractivity contribution is 5.83. The highest BCUT2D eigenvalue weighted by atomic mass is 16.3. The van der Waals surface area contributed by atoms with Crippen molar-refractivity contribution in [3.05, 3.63) is 59.5 Å². The standard InChI is InChI=1S/C16H20N2O2/c1-12-8-9-14(20-12)11-18(2)16(19)15(10-17)13-6-4-3-5-7-13/h3-9,15H,10-11,17H2,1-2H3. The Morgan fingerprint density at radius 3 is 2.50 bits per heavy atom. The molecule has 0 fully saturated rings. The van der Waals surface area contributed by atoms with E-state index in [0.717, 1.165) is 17.1 Å². The van der Waals surface area contributed by atoms with E-state index >= 15 is 0 Å². The number of nitrogens with two attached hydrogens (primary N) is 1. The Balaban J connectivity index is 2.08. The highest BCUT2D eigenvalue weighted by Gasteiger charge is 2.22. The smallest absolute Gasteiger partial charge is 0.231 e. The summed E-state index contributed by atoms with van der Waals surface area (Å²) in [4.78, 5) is 14.1. The van der Waals surface area contributed by atoms with E-state index in [0.29, 0.717) is 13.1 Å². The summed E-state index contributed by atoms with van der Waals surface area (Å²) in [5.41, 5.74) is 6.72. The van der Waals surface area contributed by atoms with Crippen molar-refractivity contribution in [2.24, 2.45) is 5.73 Å². The minimum Gasteiger partial charge on any atom is -0.464 e. The number of benzene rings is 1. The van der Waals surface area contributed by atoms with Crippen LogP contribution in [0.4, 0.5) is 0 Å². The summed E-state index contributed by atoms with van der Waals surface area (Å²) in [5, 5.41) is 0. The summed E-state index contributed by atoms with van der Waals surface area (Å²) in [6.07, 6.45) is 0. The van der Waals surface area contributed by atoms with Crippen LogP contribution in [-0.4, -0.2) is 24.4 Å². The summed E-state index contributed by atoms with van der Waals surface area (Å²) in [6.45, 7) is 2.64. The molecule has 106 valence electrons. The molecule has 0 aliphatic heterocycles. The lowest BCUT2D eigenvalue weighted by atomic mass is 9.98. The number of amides is 1. The molecule has 2 N–H and O–H groups in total. The van der Waals surface area contributed by atoms with Gasteiger partial charge in [-0.1, -0.05) is 30.3 Å². The van der Waals surface area contributed by atoms with E-state index < -0.39 is 0 Å². The predicted octanol–water partition coefficient (Wildman–Crippen LogP) is 2.29. The van der Waals surface area contributed by atoms with Crippen LogP contribution < -0.4 is 5.73 Å². The van der Waals surface area contributed by atoms with Crippen LogP contribution in [0.2, 0.25) is 0 Å². The molecular weight excluding hydrogens is 252 g/mol. The van der Waals surface area contributed by atoms with Crippen molar-refractivity contribution < 1.29 is 9.21 Å². The van der Waals surface area contributed by atoms with Gasteiger partial charge in [0.15, 0.2) is 0 Å². The monoisotopic (exact) mass is 272 g/mol. The van der Waals surface area contributed by atoms with Gasteiger partial charge >= 0.3 is 0 Å². The van der Waals surface area contributed by atoms with Crippen molar-refractivity contribution in [3.63, 3.8) is 0 Å². The second-order valence-electron chi connectivity index (χ2n) is 4.91. The van der Waals surface area contributed by atoms with Gasteiger partial charge in [-0.15, -0.1) is 0 Å².